The van der Waals surface area contributed by atoms with Crippen molar-refractivity contribution in [2.45, 2.75) is 26.8 Å². The van der Waals surface area contributed by atoms with Crippen LogP contribution in [0.15, 0.2) is 42.7 Å². The van der Waals surface area contributed by atoms with E-state index in [4.69, 9.17) is 4.74 Å². The Labute approximate surface area is 114 Å². The van der Waals surface area contributed by atoms with Crippen LogP contribution < -0.4 is 10.1 Å². The molecule has 100 valence electrons. The average Bonchev–Trinajstić information content (AvgIpc) is 2.44. The molecule has 0 bridgehead atoms. The molecule has 0 fully saturated rings. The van der Waals surface area contributed by atoms with Gasteiger partial charge in [-0.2, -0.15) is 0 Å². The molecule has 1 heterocycles. The van der Waals surface area contributed by atoms with Gasteiger partial charge in [-0.1, -0.05) is 13.0 Å². The SMILES string of the molecule is CCCOc1ccc(NCc2cncc(C)c2)cc1. The number of anilines is 1. The van der Waals surface area contributed by atoms with Crippen molar-refractivity contribution >= 4 is 5.69 Å². The highest BCUT2D eigenvalue weighted by molar-refractivity contribution is 5.46. The maximum atomic E-state index is 5.55. The van der Waals surface area contributed by atoms with E-state index in [9.17, 15) is 0 Å². The Balaban J connectivity index is 1.89. The van der Waals surface area contributed by atoms with Crippen molar-refractivity contribution in [3.05, 3.63) is 53.9 Å². The van der Waals surface area contributed by atoms with Crippen LogP contribution in [0.2, 0.25) is 0 Å². The van der Waals surface area contributed by atoms with E-state index < -0.39 is 0 Å². The molecule has 2 rings (SSSR count). The zero-order valence-corrected chi connectivity index (χ0v) is 11.5. The van der Waals surface area contributed by atoms with Crippen molar-refractivity contribution in [2.75, 3.05) is 11.9 Å². The lowest BCUT2D eigenvalue weighted by Gasteiger charge is -2.08. The second-order valence-electron chi connectivity index (χ2n) is 4.60. The van der Waals surface area contributed by atoms with E-state index in [2.05, 4.69) is 30.2 Å². The smallest absolute Gasteiger partial charge is 0.119 e. The number of nitrogens with zero attached hydrogens (tertiary/aromatic N) is 1. The molecule has 0 aliphatic rings. The number of ether oxygens (including phenoxy) is 1. The molecule has 1 N–H and O–H groups in total. The lowest BCUT2D eigenvalue weighted by molar-refractivity contribution is 0.317. The Morgan fingerprint density at radius 3 is 2.63 bits per heavy atom. The second-order valence-corrected chi connectivity index (χ2v) is 4.60. The number of aromatic nitrogens is 1. The third-order valence-electron chi connectivity index (χ3n) is 2.76. The standard InChI is InChI=1S/C16H20N2O/c1-3-8-19-16-6-4-15(5-7-16)18-12-14-9-13(2)10-17-11-14/h4-7,9-11,18H,3,8,12H2,1-2H3. The molecule has 0 saturated heterocycles. The van der Waals surface area contributed by atoms with Crippen LogP contribution in [0, 0.1) is 6.92 Å². The third kappa shape index (κ3) is 4.28. The fourth-order valence-electron chi connectivity index (χ4n) is 1.81. The van der Waals surface area contributed by atoms with Crippen molar-refractivity contribution in [3.8, 4) is 5.75 Å². The number of aryl methyl sites for hydroxylation is 1. The van der Waals surface area contributed by atoms with Gasteiger partial charge < -0.3 is 10.1 Å². The number of hydrogen-bond donors (Lipinski definition) is 1. The lowest BCUT2D eigenvalue weighted by atomic mass is 10.2. The predicted molar refractivity (Wildman–Crippen MR) is 78.5 cm³/mol. The summed E-state index contributed by atoms with van der Waals surface area (Å²) < 4.78 is 5.55. The minimum absolute atomic E-state index is 0.766. The molecule has 3 heteroatoms. The number of hydrogen-bond acceptors (Lipinski definition) is 3. The van der Waals surface area contributed by atoms with Crippen molar-refractivity contribution < 1.29 is 4.74 Å². The van der Waals surface area contributed by atoms with Gasteiger partial charge in [-0.25, -0.2) is 0 Å². The Morgan fingerprint density at radius 1 is 1.16 bits per heavy atom. The molecule has 0 spiro atoms. The van der Waals surface area contributed by atoms with Gasteiger partial charge in [-0.05, 0) is 48.7 Å². The minimum Gasteiger partial charge on any atom is -0.494 e. The van der Waals surface area contributed by atoms with E-state index in [1.54, 1.807) is 0 Å². The monoisotopic (exact) mass is 256 g/mol. The summed E-state index contributed by atoms with van der Waals surface area (Å²) in [6.07, 6.45) is 4.78. The third-order valence-corrected chi connectivity index (χ3v) is 2.76. The van der Waals surface area contributed by atoms with E-state index in [1.807, 2.05) is 36.7 Å². The highest BCUT2D eigenvalue weighted by atomic mass is 16.5. The lowest BCUT2D eigenvalue weighted by Crippen LogP contribution is -2.00. The summed E-state index contributed by atoms with van der Waals surface area (Å²) in [4.78, 5) is 4.18. The summed E-state index contributed by atoms with van der Waals surface area (Å²) in [5.74, 6) is 0.921. The van der Waals surface area contributed by atoms with Gasteiger partial charge in [0.25, 0.3) is 0 Å². The zero-order chi connectivity index (χ0) is 13.5. The number of pyridine rings is 1. The van der Waals surface area contributed by atoms with Crippen LogP contribution in [0.3, 0.4) is 0 Å². The van der Waals surface area contributed by atoms with Crippen molar-refractivity contribution in [1.29, 1.82) is 0 Å². The first kappa shape index (κ1) is 13.4. The number of benzene rings is 1. The van der Waals surface area contributed by atoms with Gasteiger partial charge in [0.2, 0.25) is 0 Å². The number of nitrogens with one attached hydrogen (secondary N) is 1. The van der Waals surface area contributed by atoms with Gasteiger partial charge in [-0.3, -0.25) is 4.98 Å². The maximum Gasteiger partial charge on any atom is 0.119 e. The molecule has 0 saturated carbocycles. The fraction of sp³-hybridized carbons (Fsp3) is 0.312. The van der Waals surface area contributed by atoms with Crippen LogP contribution in [0.5, 0.6) is 5.75 Å². The normalized spacial score (nSPS) is 10.2. The van der Waals surface area contributed by atoms with Crippen molar-refractivity contribution in [3.63, 3.8) is 0 Å². The summed E-state index contributed by atoms with van der Waals surface area (Å²) in [6.45, 7) is 5.70. The van der Waals surface area contributed by atoms with Gasteiger partial charge in [0.05, 0.1) is 6.61 Å². The van der Waals surface area contributed by atoms with Crippen LogP contribution in [-0.4, -0.2) is 11.6 Å². The summed E-state index contributed by atoms with van der Waals surface area (Å²) in [7, 11) is 0. The Kier molecular flexibility index (Phi) is 4.78. The Morgan fingerprint density at radius 2 is 1.95 bits per heavy atom. The second kappa shape index (κ2) is 6.78. The van der Waals surface area contributed by atoms with Gasteiger partial charge in [-0.15, -0.1) is 0 Å². The summed E-state index contributed by atoms with van der Waals surface area (Å²) in [5, 5.41) is 3.38. The van der Waals surface area contributed by atoms with E-state index in [-0.39, 0.29) is 0 Å². The van der Waals surface area contributed by atoms with Crippen LogP contribution in [0.4, 0.5) is 5.69 Å². The molecular weight excluding hydrogens is 236 g/mol. The van der Waals surface area contributed by atoms with Gasteiger partial charge in [0, 0.05) is 24.6 Å². The maximum absolute atomic E-state index is 5.55. The van der Waals surface area contributed by atoms with Crippen molar-refractivity contribution in [2.24, 2.45) is 0 Å². The van der Waals surface area contributed by atoms with Crippen LogP contribution >= 0.6 is 0 Å². The first-order valence-corrected chi connectivity index (χ1v) is 6.65. The molecule has 1 aromatic carbocycles. The van der Waals surface area contributed by atoms with Gasteiger partial charge in [0.1, 0.15) is 5.75 Å². The van der Waals surface area contributed by atoms with Gasteiger partial charge >= 0.3 is 0 Å². The van der Waals surface area contributed by atoms with Crippen LogP contribution in [0.25, 0.3) is 0 Å². The molecule has 0 amide bonds. The first-order valence-electron chi connectivity index (χ1n) is 6.65. The average molecular weight is 256 g/mol. The predicted octanol–water partition coefficient (Wildman–Crippen LogP) is 3.79. The van der Waals surface area contributed by atoms with Crippen molar-refractivity contribution in [1.82, 2.24) is 4.98 Å². The molecule has 0 unspecified atom stereocenters. The molecule has 3 nitrogen and oxygen atoms in total. The molecule has 2 aromatic rings. The molecule has 0 aliphatic carbocycles. The Bertz CT molecular complexity index is 508. The molecule has 0 aliphatic heterocycles. The van der Waals surface area contributed by atoms with E-state index in [0.29, 0.717) is 0 Å². The number of rotatable bonds is 6. The zero-order valence-electron chi connectivity index (χ0n) is 11.5. The highest BCUT2D eigenvalue weighted by Gasteiger charge is 1.97. The Hall–Kier alpha value is -2.03. The van der Waals surface area contributed by atoms with E-state index in [1.165, 1.54) is 11.1 Å². The quantitative estimate of drug-likeness (QED) is 0.853. The molecule has 19 heavy (non-hydrogen) atoms. The largest absolute Gasteiger partial charge is 0.494 e. The summed E-state index contributed by atoms with van der Waals surface area (Å²) >= 11 is 0. The molecule has 1 aromatic heterocycles. The molecule has 0 radical (unpaired) electrons. The minimum atomic E-state index is 0.766. The van der Waals surface area contributed by atoms with Crippen LogP contribution in [-0.2, 0) is 6.54 Å². The topological polar surface area (TPSA) is 34.1 Å². The van der Waals surface area contributed by atoms with Gasteiger partial charge in [0.15, 0.2) is 0 Å². The summed E-state index contributed by atoms with van der Waals surface area (Å²) in [5.41, 5.74) is 3.46. The summed E-state index contributed by atoms with van der Waals surface area (Å²) in [6, 6.07) is 10.2. The highest BCUT2D eigenvalue weighted by Crippen LogP contribution is 2.16. The van der Waals surface area contributed by atoms with E-state index >= 15 is 0 Å². The van der Waals surface area contributed by atoms with E-state index in [0.717, 1.165) is 31.0 Å². The van der Waals surface area contributed by atoms with Crippen LogP contribution in [0.1, 0.15) is 24.5 Å². The molecular formula is C16H20N2O. The molecule has 0 atom stereocenters. The fourth-order valence-corrected chi connectivity index (χ4v) is 1.81. The first-order chi connectivity index (χ1) is 9.28.